The maximum atomic E-state index is 11.3. The number of Topliss-reactive ketones (excluding diaryl/α,β-unsaturated/α-hetero) is 1. The Bertz CT molecular complexity index is 307. The second-order valence-corrected chi connectivity index (χ2v) is 3.92. The van der Waals surface area contributed by atoms with E-state index < -0.39 is 0 Å². The molecule has 0 saturated heterocycles. The first-order chi connectivity index (χ1) is 6.19. The molecule has 4 heteroatoms. The minimum Gasteiger partial charge on any atom is -0.315 e. The van der Waals surface area contributed by atoms with Crippen molar-refractivity contribution in [3.63, 3.8) is 0 Å². The fourth-order valence-corrected chi connectivity index (χ4v) is 2.11. The van der Waals surface area contributed by atoms with Crippen molar-refractivity contribution < 1.29 is 4.79 Å². The number of rotatable bonds is 4. The molecule has 1 aromatic heterocycles. The first kappa shape index (κ1) is 10.3. The van der Waals surface area contributed by atoms with E-state index in [0.29, 0.717) is 11.4 Å². The van der Waals surface area contributed by atoms with Gasteiger partial charge in [0.25, 0.3) is 0 Å². The van der Waals surface area contributed by atoms with Crippen LogP contribution in [0.3, 0.4) is 0 Å². The normalized spacial score (nSPS) is 10.4. The summed E-state index contributed by atoms with van der Waals surface area (Å²) in [6.45, 7) is 4.59. The Morgan fingerprint density at radius 2 is 2.31 bits per heavy atom. The summed E-state index contributed by atoms with van der Waals surface area (Å²) >= 11 is 1.49. The highest BCUT2D eigenvalue weighted by Crippen LogP contribution is 2.18. The van der Waals surface area contributed by atoms with E-state index in [0.717, 1.165) is 17.1 Å². The van der Waals surface area contributed by atoms with Gasteiger partial charge >= 0.3 is 0 Å². The molecule has 0 spiro atoms. The molecule has 0 aliphatic rings. The third kappa shape index (κ3) is 2.35. The van der Waals surface area contributed by atoms with Gasteiger partial charge in [0.15, 0.2) is 10.8 Å². The number of carbonyl (C=O) groups is 1. The molecule has 0 aliphatic heterocycles. The van der Waals surface area contributed by atoms with Crippen LogP contribution in [-0.2, 0) is 6.54 Å². The van der Waals surface area contributed by atoms with Crippen LogP contribution in [0.15, 0.2) is 0 Å². The van der Waals surface area contributed by atoms with Crippen LogP contribution in [-0.4, -0.2) is 17.8 Å². The van der Waals surface area contributed by atoms with E-state index >= 15 is 0 Å². The molecule has 0 fully saturated rings. The summed E-state index contributed by atoms with van der Waals surface area (Å²) in [5.74, 6) is 0.135. The molecule has 0 radical (unpaired) electrons. The Balaban J connectivity index is 2.88. The van der Waals surface area contributed by atoms with Crippen LogP contribution in [0.4, 0.5) is 0 Å². The maximum absolute atomic E-state index is 11.3. The van der Waals surface area contributed by atoms with Crippen LogP contribution < -0.4 is 5.32 Å². The van der Waals surface area contributed by atoms with E-state index in [1.165, 1.54) is 11.3 Å². The number of hydrogen-bond donors (Lipinski definition) is 1. The Kier molecular flexibility index (Phi) is 3.57. The molecule has 0 bridgehead atoms. The van der Waals surface area contributed by atoms with Gasteiger partial charge in [-0.05, 0) is 14.0 Å². The number of nitrogens with zero attached hydrogens (tertiary/aromatic N) is 1. The van der Waals surface area contributed by atoms with Crippen molar-refractivity contribution in [2.24, 2.45) is 0 Å². The molecule has 0 saturated carbocycles. The first-order valence-electron chi connectivity index (χ1n) is 4.33. The van der Waals surface area contributed by atoms with Crippen LogP contribution in [0.5, 0.6) is 0 Å². The van der Waals surface area contributed by atoms with E-state index in [9.17, 15) is 4.79 Å². The summed E-state index contributed by atoms with van der Waals surface area (Å²) in [5.41, 5.74) is 0.969. The first-order valence-corrected chi connectivity index (χ1v) is 5.14. The number of thiazole rings is 1. The van der Waals surface area contributed by atoms with Gasteiger partial charge < -0.3 is 5.32 Å². The van der Waals surface area contributed by atoms with Crippen LogP contribution >= 0.6 is 11.3 Å². The van der Waals surface area contributed by atoms with Gasteiger partial charge in [0.1, 0.15) is 0 Å². The number of aryl methyl sites for hydroxylation is 1. The minimum atomic E-state index is 0.135. The summed E-state index contributed by atoms with van der Waals surface area (Å²) < 4.78 is 0. The summed E-state index contributed by atoms with van der Waals surface area (Å²) in [5, 5.41) is 3.70. The van der Waals surface area contributed by atoms with Crippen LogP contribution in [0.1, 0.15) is 33.7 Å². The molecular formula is C9H14N2OS. The quantitative estimate of drug-likeness (QED) is 0.750. The lowest BCUT2D eigenvalue weighted by Crippen LogP contribution is -2.04. The van der Waals surface area contributed by atoms with Crippen LogP contribution in [0, 0.1) is 6.92 Å². The zero-order chi connectivity index (χ0) is 9.84. The average molecular weight is 198 g/mol. The molecule has 72 valence electrons. The van der Waals surface area contributed by atoms with Gasteiger partial charge in [-0.25, -0.2) is 4.98 Å². The van der Waals surface area contributed by atoms with Crippen LogP contribution in [0.25, 0.3) is 0 Å². The third-order valence-electron chi connectivity index (χ3n) is 1.79. The third-order valence-corrected chi connectivity index (χ3v) is 2.99. The van der Waals surface area contributed by atoms with E-state index in [1.807, 2.05) is 20.9 Å². The fraction of sp³-hybridized carbons (Fsp3) is 0.556. The molecule has 0 aliphatic carbocycles. The lowest BCUT2D eigenvalue weighted by Gasteiger charge is -1.93. The van der Waals surface area contributed by atoms with Crippen molar-refractivity contribution in [3.8, 4) is 0 Å². The molecule has 1 N–H and O–H groups in total. The Morgan fingerprint density at radius 3 is 2.85 bits per heavy atom. The van der Waals surface area contributed by atoms with Crippen molar-refractivity contribution in [3.05, 3.63) is 15.6 Å². The van der Waals surface area contributed by atoms with Gasteiger partial charge in [-0.3, -0.25) is 4.79 Å². The molecule has 0 atom stereocenters. The lowest BCUT2D eigenvalue weighted by atomic mass is 10.3. The standard InChI is InChI=1S/C9H14N2OS/c1-4-7(12)9-11-6(2)8(13-9)5-10-3/h10H,4-5H2,1-3H3. The monoisotopic (exact) mass is 198 g/mol. The van der Waals surface area contributed by atoms with Gasteiger partial charge in [0.05, 0.1) is 5.69 Å². The van der Waals surface area contributed by atoms with Crippen molar-refractivity contribution in [2.45, 2.75) is 26.8 Å². The Labute approximate surface area is 82.2 Å². The van der Waals surface area contributed by atoms with Gasteiger partial charge in [-0.1, -0.05) is 6.92 Å². The number of aromatic nitrogens is 1. The molecule has 13 heavy (non-hydrogen) atoms. The summed E-state index contributed by atoms with van der Waals surface area (Å²) in [6, 6.07) is 0. The van der Waals surface area contributed by atoms with Crippen LogP contribution in [0.2, 0.25) is 0 Å². The Hall–Kier alpha value is -0.740. The van der Waals surface area contributed by atoms with Gasteiger partial charge in [-0.2, -0.15) is 0 Å². The van der Waals surface area contributed by atoms with Gasteiger partial charge in [0, 0.05) is 17.8 Å². The largest absolute Gasteiger partial charge is 0.315 e. The van der Waals surface area contributed by atoms with E-state index in [4.69, 9.17) is 0 Å². The second kappa shape index (κ2) is 4.48. The number of nitrogens with one attached hydrogen (secondary N) is 1. The van der Waals surface area contributed by atoms with Crippen molar-refractivity contribution >= 4 is 17.1 Å². The molecule has 0 unspecified atom stereocenters. The zero-order valence-electron chi connectivity index (χ0n) is 8.18. The average Bonchev–Trinajstić information content (AvgIpc) is 2.47. The van der Waals surface area contributed by atoms with Crippen molar-refractivity contribution in [1.29, 1.82) is 0 Å². The van der Waals surface area contributed by atoms with Gasteiger partial charge in [0.2, 0.25) is 0 Å². The highest BCUT2D eigenvalue weighted by atomic mass is 32.1. The molecule has 1 rings (SSSR count). The predicted molar refractivity (Wildman–Crippen MR) is 54.2 cm³/mol. The van der Waals surface area contributed by atoms with Gasteiger partial charge in [-0.15, -0.1) is 11.3 Å². The molecule has 0 amide bonds. The maximum Gasteiger partial charge on any atom is 0.191 e. The highest BCUT2D eigenvalue weighted by Gasteiger charge is 2.11. The number of carbonyl (C=O) groups excluding carboxylic acids is 1. The molecular weight excluding hydrogens is 184 g/mol. The fourth-order valence-electron chi connectivity index (χ4n) is 1.02. The highest BCUT2D eigenvalue weighted by molar-refractivity contribution is 7.13. The summed E-state index contributed by atoms with van der Waals surface area (Å²) in [4.78, 5) is 16.7. The number of hydrogen-bond acceptors (Lipinski definition) is 4. The smallest absolute Gasteiger partial charge is 0.191 e. The second-order valence-electron chi connectivity index (χ2n) is 2.83. The predicted octanol–water partition coefficient (Wildman–Crippen LogP) is 1.76. The summed E-state index contributed by atoms with van der Waals surface area (Å²) in [7, 11) is 1.89. The van der Waals surface area contributed by atoms with E-state index in [1.54, 1.807) is 0 Å². The van der Waals surface area contributed by atoms with Crippen molar-refractivity contribution in [2.75, 3.05) is 7.05 Å². The topological polar surface area (TPSA) is 42.0 Å². The summed E-state index contributed by atoms with van der Waals surface area (Å²) in [6.07, 6.45) is 0.534. The van der Waals surface area contributed by atoms with E-state index in [-0.39, 0.29) is 5.78 Å². The lowest BCUT2D eigenvalue weighted by molar-refractivity contribution is 0.0987. The van der Waals surface area contributed by atoms with Crippen molar-refractivity contribution in [1.82, 2.24) is 10.3 Å². The Morgan fingerprint density at radius 1 is 1.62 bits per heavy atom. The molecule has 3 nitrogen and oxygen atoms in total. The molecule has 0 aromatic carbocycles. The zero-order valence-corrected chi connectivity index (χ0v) is 8.99. The van der Waals surface area contributed by atoms with E-state index in [2.05, 4.69) is 10.3 Å². The molecule has 1 aromatic rings. The number of ketones is 1. The minimum absolute atomic E-state index is 0.135. The molecule has 1 heterocycles. The SMILES string of the molecule is CCC(=O)c1nc(C)c(CNC)s1.